The van der Waals surface area contributed by atoms with Gasteiger partial charge in [-0.3, -0.25) is 9.79 Å². The summed E-state index contributed by atoms with van der Waals surface area (Å²) >= 11 is 0. The fourth-order valence-electron chi connectivity index (χ4n) is 9.05. The van der Waals surface area contributed by atoms with Gasteiger partial charge < -0.3 is 31.5 Å². The van der Waals surface area contributed by atoms with E-state index in [9.17, 15) is 44.3 Å². The van der Waals surface area contributed by atoms with Crippen LogP contribution in [0.15, 0.2) is 205 Å². The summed E-state index contributed by atoms with van der Waals surface area (Å²) in [5.41, 5.74) is 9.71. The number of nitrogens with zero attached hydrogens (tertiary/aromatic N) is 1. The van der Waals surface area contributed by atoms with Crippen molar-refractivity contribution in [1.82, 2.24) is 5.32 Å². The first-order valence-corrected chi connectivity index (χ1v) is 31.8. The molecule has 0 aliphatic rings. The summed E-state index contributed by atoms with van der Waals surface area (Å²) in [6.07, 6.45) is -9.48. The Hall–Kier alpha value is -7.06. The predicted molar refractivity (Wildman–Crippen MR) is 373 cm³/mol. The van der Waals surface area contributed by atoms with Crippen molar-refractivity contribution in [3.05, 3.63) is 250 Å². The molecule has 9 rings (SSSR count). The first-order chi connectivity index (χ1) is 44.6. The van der Waals surface area contributed by atoms with Crippen LogP contribution < -0.4 is 11.1 Å². The van der Waals surface area contributed by atoms with Crippen LogP contribution in [-0.2, 0) is 59.5 Å². The van der Waals surface area contributed by atoms with E-state index >= 15 is 0 Å². The molecule has 0 aliphatic carbocycles. The number of halogens is 9. The molecule has 0 aliphatic heterocycles. The average molecular weight is 1370 g/mol. The molecule has 0 fully saturated rings. The van der Waals surface area contributed by atoms with E-state index in [0.29, 0.717) is 56.3 Å². The zero-order valence-electron chi connectivity index (χ0n) is 56.9. The molecule has 0 heterocycles. The van der Waals surface area contributed by atoms with Gasteiger partial charge in [0.15, 0.2) is 5.78 Å². The van der Waals surface area contributed by atoms with Gasteiger partial charge in [-0.05, 0) is 201 Å². The SMILES string of the molecule is CC(=NCCCc1cccc(C(F)(F)F)c1)c1cccc2ccccc12.CC(=O)c1cccc2ccccc12.CC(C)O.CC(C)O.CC(C)O.CC(C)O.CC(NCCCc1cccc(C(F)(F)F)c1)c1cccc2ccccc12.NCCCc1cccc(C(F)(F)F)c1.[Ti]. The van der Waals surface area contributed by atoms with Crippen LogP contribution in [-0.4, -0.2) is 76.0 Å². The van der Waals surface area contributed by atoms with Crippen molar-refractivity contribution in [3.8, 4) is 0 Å². The third-order valence-electron chi connectivity index (χ3n) is 13.1. The summed E-state index contributed by atoms with van der Waals surface area (Å²) in [4.78, 5) is 15.9. The average Bonchev–Trinajstić information content (AvgIpc) is 0.849. The van der Waals surface area contributed by atoms with E-state index in [0.717, 1.165) is 69.7 Å². The van der Waals surface area contributed by atoms with Crippen molar-refractivity contribution in [1.29, 1.82) is 0 Å². The van der Waals surface area contributed by atoms with Crippen LogP contribution in [0.3, 0.4) is 0 Å². The molecule has 0 spiro atoms. The maximum Gasteiger partial charge on any atom is 0.416 e. The van der Waals surface area contributed by atoms with Crippen LogP contribution in [0.2, 0.25) is 0 Å². The normalized spacial score (nSPS) is 11.5. The number of rotatable bonds is 15. The predicted octanol–water partition coefficient (Wildman–Crippen LogP) is 19.6. The van der Waals surface area contributed by atoms with Gasteiger partial charge in [0.05, 0.1) is 16.7 Å². The monoisotopic (exact) mass is 1370 g/mol. The van der Waals surface area contributed by atoms with Crippen molar-refractivity contribution in [2.45, 2.75) is 164 Å². The van der Waals surface area contributed by atoms with E-state index in [4.69, 9.17) is 26.2 Å². The van der Waals surface area contributed by atoms with Crippen LogP contribution in [0.1, 0.15) is 156 Å². The second kappa shape index (κ2) is 45.4. The second-order valence-electron chi connectivity index (χ2n) is 23.4. The molecule has 9 aromatic rings. The minimum atomic E-state index is -4.29. The number of aliphatic hydroxyl groups is 4. The molecule has 520 valence electrons. The summed E-state index contributed by atoms with van der Waals surface area (Å²) in [7, 11) is 0. The molecule has 0 amide bonds. The Labute approximate surface area is 576 Å². The van der Waals surface area contributed by atoms with Gasteiger partial charge in [0.25, 0.3) is 0 Å². The number of fused-ring (bicyclic) bond motifs is 3. The maximum absolute atomic E-state index is 12.8. The topological polar surface area (TPSA) is 148 Å². The Balaban J connectivity index is 0.000000610. The van der Waals surface area contributed by atoms with Crippen LogP contribution in [0.4, 0.5) is 39.5 Å². The van der Waals surface area contributed by atoms with Crippen molar-refractivity contribution in [3.63, 3.8) is 0 Å². The molecular formula is C78H96F9N3O5Ti. The largest absolute Gasteiger partial charge is 0.416 e. The summed E-state index contributed by atoms with van der Waals surface area (Å²) in [5.74, 6) is 0.122. The van der Waals surface area contributed by atoms with Crippen LogP contribution >= 0.6 is 0 Å². The van der Waals surface area contributed by atoms with Crippen LogP contribution in [0.5, 0.6) is 0 Å². The van der Waals surface area contributed by atoms with Gasteiger partial charge in [-0.15, -0.1) is 0 Å². The zero-order valence-corrected chi connectivity index (χ0v) is 58.5. The molecule has 0 bridgehead atoms. The number of aryl methyl sites for hydroxylation is 3. The Morgan fingerprint density at radius 3 is 1.12 bits per heavy atom. The number of aliphatic imine (C=N–C) groups is 1. The number of nitrogens with one attached hydrogen (secondary N) is 1. The molecule has 9 aromatic carbocycles. The van der Waals surface area contributed by atoms with Gasteiger partial charge in [0.2, 0.25) is 0 Å². The maximum atomic E-state index is 12.8. The van der Waals surface area contributed by atoms with Crippen molar-refractivity contribution in [2.24, 2.45) is 10.7 Å². The van der Waals surface area contributed by atoms with Gasteiger partial charge >= 0.3 is 18.5 Å². The number of ketones is 1. The number of nitrogens with two attached hydrogens (primary N) is 1. The number of alkyl halides is 9. The van der Waals surface area contributed by atoms with E-state index in [1.807, 2.05) is 85.8 Å². The van der Waals surface area contributed by atoms with E-state index in [1.165, 1.54) is 58.1 Å². The minimum Gasteiger partial charge on any atom is -0.394 e. The third kappa shape index (κ3) is 35.8. The zero-order chi connectivity index (χ0) is 71.3. The molecule has 0 aromatic heterocycles. The summed E-state index contributed by atoms with van der Waals surface area (Å²) < 4.78 is 113. The Morgan fingerprint density at radius 1 is 0.427 bits per heavy atom. The van der Waals surface area contributed by atoms with E-state index in [1.54, 1.807) is 80.5 Å². The Bertz CT molecular complexity index is 3610. The second-order valence-corrected chi connectivity index (χ2v) is 23.4. The van der Waals surface area contributed by atoms with E-state index < -0.39 is 35.2 Å². The quantitative estimate of drug-likeness (QED) is 0.0197. The minimum absolute atomic E-state index is 0. The molecule has 7 N–H and O–H groups in total. The third-order valence-corrected chi connectivity index (χ3v) is 13.1. The number of carbonyl (C=O) groups is 1. The number of hydrogen-bond donors (Lipinski definition) is 6. The molecular weight excluding hydrogens is 1280 g/mol. The first kappa shape index (κ1) is 87.0. The van der Waals surface area contributed by atoms with Gasteiger partial charge in [0.1, 0.15) is 0 Å². The van der Waals surface area contributed by atoms with E-state index in [-0.39, 0.29) is 58.0 Å². The van der Waals surface area contributed by atoms with Gasteiger partial charge in [-0.2, -0.15) is 39.5 Å². The summed E-state index contributed by atoms with van der Waals surface area (Å²) in [6.45, 7) is 21.3. The number of carbonyl (C=O) groups excluding carboxylic acids is 1. The summed E-state index contributed by atoms with van der Waals surface area (Å²) in [5, 5.41) is 42.6. The number of benzene rings is 9. The Kier molecular flexibility index (Phi) is 41.2. The molecule has 18 heteroatoms. The molecule has 1 atom stereocenters. The molecule has 0 saturated heterocycles. The van der Waals surface area contributed by atoms with Crippen molar-refractivity contribution < 1.29 is 86.5 Å². The summed E-state index contributed by atoms with van der Waals surface area (Å²) in [6, 6.07) is 59.2. The van der Waals surface area contributed by atoms with Crippen molar-refractivity contribution in [2.75, 3.05) is 19.6 Å². The number of hydrogen-bond acceptors (Lipinski definition) is 8. The molecule has 1 unspecified atom stereocenters. The van der Waals surface area contributed by atoms with Gasteiger partial charge in [-0.25, -0.2) is 0 Å². The standard InChI is InChI=1S/C22H22F3N.C22H20F3N.C12H10O.C10H12F3N.4C3H8O.Ti/c2*1-16(20-13-5-10-18-9-2-3-12-21(18)20)26-14-6-8-17-7-4-11-19(15-17)22(23,24)25;1-9(13)11-8-4-6-10-5-2-3-7-12(10)11;11-10(12,13)9-5-1-3-8(7-9)4-2-6-14;4*1-3(2)4;/h2-5,7,9-13,15-16,26H,6,8,14H2,1H3;2-5,7,9-13,15H,6,8,14H2,1H3;2-8H,1H3;1,3,5,7H,2,4,6,14H2;4*3-4H,1-2H3;. The number of aliphatic hydroxyl groups excluding tert-OH is 4. The Morgan fingerprint density at radius 2 is 0.740 bits per heavy atom. The fraction of sp³-hybridized carbons (Fsp3) is 0.359. The van der Waals surface area contributed by atoms with Crippen LogP contribution in [0.25, 0.3) is 32.3 Å². The fourth-order valence-corrected chi connectivity index (χ4v) is 9.05. The van der Waals surface area contributed by atoms with Gasteiger partial charge in [-0.1, -0.05) is 182 Å². The number of Topliss-reactive ketones (excluding diaryl/α,β-unsaturated/α-hetero) is 1. The molecule has 0 saturated carbocycles. The smallest absolute Gasteiger partial charge is 0.394 e. The first-order valence-electron chi connectivity index (χ1n) is 31.8. The van der Waals surface area contributed by atoms with E-state index in [2.05, 4.69) is 65.8 Å². The van der Waals surface area contributed by atoms with Gasteiger partial charge in [0, 0.05) is 75.6 Å². The van der Waals surface area contributed by atoms with Crippen molar-refractivity contribution >= 4 is 43.8 Å². The molecule has 96 heavy (non-hydrogen) atoms. The molecule has 0 radical (unpaired) electrons. The van der Waals surface area contributed by atoms with Crippen LogP contribution in [0, 0.1) is 0 Å². The molecule has 8 nitrogen and oxygen atoms in total.